The van der Waals surface area contributed by atoms with Gasteiger partial charge in [0.05, 0.1) is 12.3 Å². The molecule has 3 atom stereocenters. The second-order valence-corrected chi connectivity index (χ2v) is 9.74. The lowest BCUT2D eigenvalue weighted by Gasteiger charge is -2.30. The molecule has 1 aliphatic heterocycles. The number of benzene rings is 2. The van der Waals surface area contributed by atoms with Crippen LogP contribution in [0.1, 0.15) is 32.3 Å². The van der Waals surface area contributed by atoms with Gasteiger partial charge in [0.15, 0.2) is 0 Å². The normalized spacial score (nSPS) is 20.6. The minimum Gasteiger partial charge on any atom is -0.337 e. The van der Waals surface area contributed by atoms with E-state index in [-0.39, 0.29) is 23.9 Å². The largest absolute Gasteiger partial charge is 0.337 e. The third kappa shape index (κ3) is 5.46. The highest BCUT2D eigenvalue weighted by Crippen LogP contribution is 2.27. The lowest BCUT2D eigenvalue weighted by Crippen LogP contribution is -2.48. The molecule has 0 radical (unpaired) electrons. The number of nitrogens with zero attached hydrogens (tertiary/aromatic N) is 1. The van der Waals surface area contributed by atoms with Crippen molar-refractivity contribution in [1.82, 2.24) is 9.62 Å². The van der Waals surface area contributed by atoms with Gasteiger partial charge in [0.2, 0.25) is 15.9 Å². The van der Waals surface area contributed by atoms with Gasteiger partial charge in [-0.3, -0.25) is 4.79 Å². The summed E-state index contributed by atoms with van der Waals surface area (Å²) >= 11 is 0. The van der Waals surface area contributed by atoms with Crippen LogP contribution in [-0.2, 0) is 21.2 Å². The molecule has 1 fully saturated rings. The highest BCUT2D eigenvalue weighted by Gasteiger charge is 2.39. The topological polar surface area (TPSA) is 66.5 Å². The molecule has 2 aromatic rings. The van der Waals surface area contributed by atoms with Gasteiger partial charge in [-0.05, 0) is 36.0 Å². The van der Waals surface area contributed by atoms with Crippen molar-refractivity contribution in [3.63, 3.8) is 0 Å². The maximum atomic E-state index is 12.9. The maximum Gasteiger partial charge on any atom is 0.225 e. The van der Waals surface area contributed by atoms with Crippen molar-refractivity contribution in [2.45, 2.75) is 45.2 Å². The average Bonchev–Trinajstić information content (AvgIpc) is 3.08. The minimum absolute atomic E-state index is 0.0647. The Balaban J connectivity index is 1.88. The molecular weight excluding hydrogens is 384 g/mol. The molecule has 1 heterocycles. The molecular formula is C23H30N2O3S. The molecule has 2 unspecified atom stereocenters. The maximum absolute atomic E-state index is 12.9. The molecule has 156 valence electrons. The van der Waals surface area contributed by atoms with Crippen LogP contribution in [0.25, 0.3) is 11.1 Å². The summed E-state index contributed by atoms with van der Waals surface area (Å²) in [5.74, 6) is 0.0413. The number of sulfonamides is 1. The Morgan fingerprint density at radius 2 is 1.83 bits per heavy atom. The predicted octanol–water partition coefficient (Wildman–Crippen LogP) is 3.46. The van der Waals surface area contributed by atoms with Gasteiger partial charge in [-0.25, -0.2) is 13.1 Å². The van der Waals surface area contributed by atoms with E-state index >= 15 is 0 Å². The van der Waals surface area contributed by atoms with E-state index in [9.17, 15) is 13.2 Å². The Morgan fingerprint density at radius 3 is 2.48 bits per heavy atom. The van der Waals surface area contributed by atoms with Gasteiger partial charge in [0.25, 0.3) is 0 Å². The van der Waals surface area contributed by atoms with Crippen molar-refractivity contribution < 1.29 is 13.2 Å². The third-order valence-electron chi connectivity index (χ3n) is 5.71. The van der Waals surface area contributed by atoms with E-state index in [4.69, 9.17) is 0 Å². The van der Waals surface area contributed by atoms with E-state index in [1.165, 1.54) is 6.26 Å². The Kier molecular flexibility index (Phi) is 6.75. The van der Waals surface area contributed by atoms with Crippen LogP contribution < -0.4 is 4.72 Å². The molecule has 0 spiro atoms. The number of hydrogen-bond acceptors (Lipinski definition) is 3. The van der Waals surface area contributed by atoms with Gasteiger partial charge >= 0.3 is 0 Å². The van der Waals surface area contributed by atoms with E-state index in [2.05, 4.69) is 29.0 Å². The van der Waals surface area contributed by atoms with Crippen LogP contribution in [0.15, 0.2) is 54.6 Å². The molecule has 0 saturated carbocycles. The summed E-state index contributed by atoms with van der Waals surface area (Å²) in [5.41, 5.74) is 3.35. The summed E-state index contributed by atoms with van der Waals surface area (Å²) in [5, 5.41) is 0. The number of carbonyl (C=O) groups is 1. The van der Waals surface area contributed by atoms with Crippen molar-refractivity contribution in [1.29, 1.82) is 0 Å². The van der Waals surface area contributed by atoms with Crippen molar-refractivity contribution in [2.24, 2.45) is 5.92 Å². The van der Waals surface area contributed by atoms with Gasteiger partial charge in [-0.2, -0.15) is 0 Å². The Morgan fingerprint density at radius 1 is 1.14 bits per heavy atom. The van der Waals surface area contributed by atoms with Gasteiger partial charge in [-0.1, -0.05) is 68.4 Å². The smallest absolute Gasteiger partial charge is 0.225 e. The molecule has 0 aliphatic carbocycles. The number of likely N-dealkylation sites (tertiary alicyclic amines) is 1. The standard InChI is InChI=1S/C23H30N2O3S/c1-4-17(2)23(26)25-14-13-21(24-29(3,27)28)22(25)16-18-9-8-12-20(15-18)19-10-6-5-7-11-19/h5-12,15,17,21-22,24H,4,13-14,16H2,1-3H3/t17-,21?,22?/m0/s1. The summed E-state index contributed by atoms with van der Waals surface area (Å²) in [7, 11) is -3.35. The van der Waals surface area contributed by atoms with E-state index in [1.54, 1.807) is 0 Å². The number of rotatable bonds is 7. The summed E-state index contributed by atoms with van der Waals surface area (Å²) < 4.78 is 26.5. The fourth-order valence-corrected chi connectivity index (χ4v) is 4.82. The van der Waals surface area contributed by atoms with Crippen LogP contribution in [0.5, 0.6) is 0 Å². The lowest BCUT2D eigenvalue weighted by molar-refractivity contribution is -0.136. The van der Waals surface area contributed by atoms with Gasteiger partial charge in [-0.15, -0.1) is 0 Å². The fraction of sp³-hybridized carbons (Fsp3) is 0.435. The summed E-state index contributed by atoms with van der Waals surface area (Å²) in [6, 6.07) is 18.0. The summed E-state index contributed by atoms with van der Waals surface area (Å²) in [6.07, 6.45) is 3.21. The van der Waals surface area contributed by atoms with Crippen LogP contribution in [0.2, 0.25) is 0 Å². The van der Waals surface area contributed by atoms with Crippen LogP contribution in [0.4, 0.5) is 0 Å². The molecule has 1 saturated heterocycles. The quantitative estimate of drug-likeness (QED) is 0.754. The molecule has 29 heavy (non-hydrogen) atoms. The highest BCUT2D eigenvalue weighted by molar-refractivity contribution is 7.88. The van der Waals surface area contributed by atoms with Crippen molar-refractivity contribution in [2.75, 3.05) is 12.8 Å². The van der Waals surface area contributed by atoms with Crippen molar-refractivity contribution in [3.8, 4) is 11.1 Å². The Hall–Kier alpha value is -2.18. The van der Waals surface area contributed by atoms with Crippen LogP contribution in [0.3, 0.4) is 0 Å². The van der Waals surface area contributed by atoms with E-state index < -0.39 is 10.0 Å². The summed E-state index contributed by atoms with van der Waals surface area (Å²) in [6.45, 7) is 4.52. The highest BCUT2D eigenvalue weighted by atomic mass is 32.2. The molecule has 1 N–H and O–H groups in total. The zero-order valence-electron chi connectivity index (χ0n) is 17.3. The van der Waals surface area contributed by atoms with Crippen LogP contribution in [-0.4, -0.2) is 44.1 Å². The van der Waals surface area contributed by atoms with Gasteiger partial charge in [0, 0.05) is 18.5 Å². The zero-order chi connectivity index (χ0) is 21.0. The third-order valence-corrected chi connectivity index (χ3v) is 6.44. The van der Waals surface area contributed by atoms with Crippen molar-refractivity contribution >= 4 is 15.9 Å². The van der Waals surface area contributed by atoms with Gasteiger partial charge < -0.3 is 4.90 Å². The monoisotopic (exact) mass is 414 g/mol. The molecule has 1 amide bonds. The second kappa shape index (κ2) is 9.09. The number of hydrogen-bond donors (Lipinski definition) is 1. The van der Waals surface area contributed by atoms with E-state index in [0.717, 1.165) is 23.1 Å². The first-order chi connectivity index (χ1) is 13.8. The molecule has 1 aliphatic rings. The Labute approximate surface area is 174 Å². The SMILES string of the molecule is CC[C@H](C)C(=O)N1CCC(NS(C)(=O)=O)C1Cc1cccc(-c2ccccc2)c1. The van der Waals surface area contributed by atoms with Gasteiger partial charge in [0.1, 0.15) is 0 Å². The predicted molar refractivity (Wildman–Crippen MR) is 117 cm³/mol. The zero-order valence-corrected chi connectivity index (χ0v) is 18.2. The lowest BCUT2D eigenvalue weighted by atomic mass is 9.96. The number of amides is 1. The van der Waals surface area contributed by atoms with Crippen molar-refractivity contribution in [3.05, 3.63) is 60.2 Å². The molecule has 0 bridgehead atoms. The fourth-order valence-electron chi connectivity index (χ4n) is 4.00. The first-order valence-corrected chi connectivity index (χ1v) is 12.1. The molecule has 2 aromatic carbocycles. The first kappa shape index (κ1) is 21.5. The summed E-state index contributed by atoms with van der Waals surface area (Å²) in [4.78, 5) is 14.8. The Bertz CT molecular complexity index is 944. The molecule has 0 aromatic heterocycles. The number of carbonyl (C=O) groups excluding carboxylic acids is 1. The average molecular weight is 415 g/mol. The van der Waals surface area contributed by atoms with Crippen LogP contribution >= 0.6 is 0 Å². The first-order valence-electron chi connectivity index (χ1n) is 10.2. The molecule has 6 heteroatoms. The van der Waals surface area contributed by atoms with E-state index in [1.807, 2.05) is 49.1 Å². The molecule has 5 nitrogen and oxygen atoms in total. The van der Waals surface area contributed by atoms with Crippen LogP contribution in [0, 0.1) is 5.92 Å². The minimum atomic E-state index is -3.35. The second-order valence-electron chi connectivity index (χ2n) is 7.96. The molecule has 3 rings (SSSR count). The van der Waals surface area contributed by atoms with E-state index in [0.29, 0.717) is 19.4 Å². The number of nitrogens with one attached hydrogen (secondary N) is 1.